The normalized spacial score (nSPS) is 23.0. The highest BCUT2D eigenvalue weighted by atomic mass is 19.0. The molecule has 1 saturated heterocycles. The molecular formula is C16H34FN. The highest BCUT2D eigenvalue weighted by Gasteiger charge is 2.24. The first-order valence-electron chi connectivity index (χ1n) is 8.20. The molecule has 2 heteroatoms. The van der Waals surface area contributed by atoms with Crippen LogP contribution in [0.15, 0.2) is 0 Å². The molecule has 1 N–H and O–H groups in total. The zero-order valence-electron chi connectivity index (χ0n) is 12.6. The van der Waals surface area contributed by atoms with Gasteiger partial charge in [-0.1, -0.05) is 52.4 Å². The summed E-state index contributed by atoms with van der Waals surface area (Å²) in [7, 11) is 0. The van der Waals surface area contributed by atoms with Gasteiger partial charge in [0.05, 0.1) is 19.6 Å². The number of nitrogens with one attached hydrogen (secondary N) is 1. The van der Waals surface area contributed by atoms with E-state index in [9.17, 15) is 0 Å². The van der Waals surface area contributed by atoms with Gasteiger partial charge in [-0.05, 0) is 19.3 Å². The minimum Gasteiger partial charge on any atom is -1.00 e. The molecule has 0 bridgehead atoms. The van der Waals surface area contributed by atoms with Crippen LogP contribution in [0.4, 0.5) is 0 Å². The van der Waals surface area contributed by atoms with E-state index in [1.54, 1.807) is 0 Å². The van der Waals surface area contributed by atoms with Gasteiger partial charge in [-0.15, -0.1) is 0 Å². The predicted molar refractivity (Wildman–Crippen MR) is 76.6 cm³/mol. The van der Waals surface area contributed by atoms with E-state index in [1.807, 2.05) is 4.90 Å². The van der Waals surface area contributed by atoms with Crippen molar-refractivity contribution in [2.24, 2.45) is 5.92 Å². The Morgan fingerprint density at radius 3 is 2.22 bits per heavy atom. The summed E-state index contributed by atoms with van der Waals surface area (Å²) in [5.74, 6) is 1.06. The second-order valence-electron chi connectivity index (χ2n) is 6.02. The second kappa shape index (κ2) is 12.0. The van der Waals surface area contributed by atoms with Crippen LogP contribution in [0.2, 0.25) is 0 Å². The molecule has 0 aliphatic carbocycles. The molecule has 1 aliphatic heterocycles. The lowest BCUT2D eigenvalue weighted by Gasteiger charge is -2.13. The molecule has 1 nitrogen and oxygen atoms in total. The van der Waals surface area contributed by atoms with E-state index in [0.717, 1.165) is 5.92 Å². The van der Waals surface area contributed by atoms with Crippen LogP contribution in [0.1, 0.15) is 78.1 Å². The van der Waals surface area contributed by atoms with Gasteiger partial charge >= 0.3 is 0 Å². The fourth-order valence-corrected chi connectivity index (χ4v) is 3.23. The SMILES string of the molecule is CCCCCCCCC[NH+]1CCC(CCC)C1.[F-]. The lowest BCUT2D eigenvalue weighted by Crippen LogP contribution is -3.10. The maximum atomic E-state index is 2.33. The van der Waals surface area contributed by atoms with Gasteiger partial charge < -0.3 is 9.60 Å². The number of hydrogen-bond donors (Lipinski definition) is 1. The van der Waals surface area contributed by atoms with Crippen molar-refractivity contribution in [2.75, 3.05) is 19.6 Å². The Bertz CT molecular complexity index is 172. The third-order valence-electron chi connectivity index (χ3n) is 4.31. The van der Waals surface area contributed by atoms with Crippen molar-refractivity contribution in [3.63, 3.8) is 0 Å². The highest BCUT2D eigenvalue weighted by Crippen LogP contribution is 2.11. The van der Waals surface area contributed by atoms with Crippen LogP contribution < -0.4 is 9.60 Å². The minimum atomic E-state index is 0. The summed E-state index contributed by atoms with van der Waals surface area (Å²) in [5.41, 5.74) is 0. The number of hydrogen-bond acceptors (Lipinski definition) is 0. The van der Waals surface area contributed by atoms with Gasteiger partial charge in [0.1, 0.15) is 0 Å². The summed E-state index contributed by atoms with van der Waals surface area (Å²) < 4.78 is 0. The topological polar surface area (TPSA) is 4.44 Å². The standard InChI is InChI=1S/C16H33N.FH/c1-3-5-6-7-8-9-10-13-17-14-12-16(15-17)11-4-2;/h16H,3-15H2,1-2H3;1H. The quantitative estimate of drug-likeness (QED) is 0.543. The molecule has 2 unspecified atom stereocenters. The van der Waals surface area contributed by atoms with Gasteiger partial charge in [-0.3, -0.25) is 0 Å². The number of likely N-dealkylation sites (tertiary alicyclic amines) is 1. The van der Waals surface area contributed by atoms with E-state index in [2.05, 4.69) is 13.8 Å². The van der Waals surface area contributed by atoms with Crippen molar-refractivity contribution in [1.82, 2.24) is 0 Å². The second-order valence-corrected chi connectivity index (χ2v) is 6.02. The van der Waals surface area contributed by atoms with E-state index in [4.69, 9.17) is 0 Å². The van der Waals surface area contributed by atoms with Crippen molar-refractivity contribution >= 4 is 0 Å². The average molecular weight is 259 g/mol. The van der Waals surface area contributed by atoms with Crippen LogP contribution in [-0.2, 0) is 0 Å². The molecule has 0 aromatic carbocycles. The molecule has 1 fully saturated rings. The molecule has 0 aromatic heterocycles. The van der Waals surface area contributed by atoms with E-state index in [-0.39, 0.29) is 4.70 Å². The smallest absolute Gasteiger partial charge is 0.0801 e. The van der Waals surface area contributed by atoms with Crippen LogP contribution in [-0.4, -0.2) is 19.6 Å². The summed E-state index contributed by atoms with van der Waals surface area (Å²) in [5, 5.41) is 0. The van der Waals surface area contributed by atoms with E-state index < -0.39 is 0 Å². The largest absolute Gasteiger partial charge is 1.00 e. The number of rotatable bonds is 10. The first-order chi connectivity index (χ1) is 8.36. The summed E-state index contributed by atoms with van der Waals surface area (Å²) >= 11 is 0. The van der Waals surface area contributed by atoms with Gasteiger partial charge in [-0.25, -0.2) is 0 Å². The third kappa shape index (κ3) is 8.07. The maximum absolute atomic E-state index is 2.33. The number of unbranched alkanes of at least 4 members (excludes halogenated alkanes) is 6. The van der Waals surface area contributed by atoms with Gasteiger partial charge in [0, 0.05) is 12.3 Å². The van der Waals surface area contributed by atoms with Gasteiger partial charge in [0.25, 0.3) is 0 Å². The molecule has 1 rings (SSSR count). The van der Waals surface area contributed by atoms with E-state index in [0.29, 0.717) is 0 Å². The molecule has 18 heavy (non-hydrogen) atoms. The molecule has 0 radical (unpaired) electrons. The van der Waals surface area contributed by atoms with Crippen molar-refractivity contribution in [3.8, 4) is 0 Å². The predicted octanol–water partition coefficient (Wildman–Crippen LogP) is 0.446. The Labute approximate surface area is 114 Å². The molecule has 1 aliphatic rings. The fourth-order valence-electron chi connectivity index (χ4n) is 3.23. The summed E-state index contributed by atoms with van der Waals surface area (Å²) in [6.07, 6.45) is 14.5. The highest BCUT2D eigenvalue weighted by molar-refractivity contribution is 4.61. The first-order valence-corrected chi connectivity index (χ1v) is 8.20. The van der Waals surface area contributed by atoms with Crippen LogP contribution >= 0.6 is 0 Å². The Morgan fingerprint density at radius 2 is 1.56 bits per heavy atom. The Morgan fingerprint density at radius 1 is 0.889 bits per heavy atom. The molecule has 1 heterocycles. The van der Waals surface area contributed by atoms with Crippen LogP contribution in [0.25, 0.3) is 0 Å². The van der Waals surface area contributed by atoms with Crippen molar-refractivity contribution < 1.29 is 9.60 Å². The zero-order valence-corrected chi connectivity index (χ0v) is 12.6. The number of quaternary nitrogens is 1. The van der Waals surface area contributed by atoms with Crippen LogP contribution in [0, 0.1) is 5.92 Å². The summed E-state index contributed by atoms with van der Waals surface area (Å²) in [4.78, 5) is 1.90. The summed E-state index contributed by atoms with van der Waals surface area (Å²) in [6, 6.07) is 0. The molecule has 0 saturated carbocycles. The molecule has 2 atom stereocenters. The lowest BCUT2D eigenvalue weighted by atomic mass is 10.0. The Balaban J connectivity index is 0.00000289. The Kier molecular flexibility index (Phi) is 11.9. The fraction of sp³-hybridized carbons (Fsp3) is 1.00. The molecule has 0 aromatic rings. The molecule has 0 amide bonds. The van der Waals surface area contributed by atoms with Crippen LogP contribution in [0.3, 0.4) is 0 Å². The van der Waals surface area contributed by atoms with Crippen molar-refractivity contribution in [3.05, 3.63) is 0 Å². The number of halogens is 1. The maximum Gasteiger partial charge on any atom is 0.0801 e. The van der Waals surface area contributed by atoms with Crippen LogP contribution in [0.5, 0.6) is 0 Å². The Hall–Kier alpha value is -0.110. The molecule has 110 valence electrons. The van der Waals surface area contributed by atoms with Gasteiger partial charge in [0.15, 0.2) is 0 Å². The van der Waals surface area contributed by atoms with E-state index in [1.165, 1.54) is 83.8 Å². The summed E-state index contributed by atoms with van der Waals surface area (Å²) in [6.45, 7) is 9.01. The van der Waals surface area contributed by atoms with Crippen molar-refractivity contribution in [2.45, 2.75) is 78.1 Å². The average Bonchev–Trinajstić information content (AvgIpc) is 2.76. The monoisotopic (exact) mass is 259 g/mol. The van der Waals surface area contributed by atoms with Crippen molar-refractivity contribution in [1.29, 1.82) is 0 Å². The van der Waals surface area contributed by atoms with E-state index >= 15 is 0 Å². The van der Waals surface area contributed by atoms with Gasteiger partial charge in [-0.2, -0.15) is 0 Å². The van der Waals surface area contributed by atoms with Gasteiger partial charge in [0.2, 0.25) is 0 Å². The lowest BCUT2D eigenvalue weighted by molar-refractivity contribution is -0.889. The molecular weight excluding hydrogens is 225 g/mol. The third-order valence-corrected chi connectivity index (χ3v) is 4.31. The molecule has 0 spiro atoms. The first kappa shape index (κ1) is 17.9. The zero-order chi connectivity index (χ0) is 12.3. The minimum absolute atomic E-state index is 0.